The number of para-hydroxylation sites is 2. The number of amides is 1. The van der Waals surface area contributed by atoms with Crippen molar-refractivity contribution in [2.45, 2.75) is 24.3 Å². The minimum Gasteiger partial charge on any atom is -0.476 e. The fourth-order valence-electron chi connectivity index (χ4n) is 2.59. The number of nitrogens with zero attached hydrogens (tertiary/aromatic N) is 3. The van der Waals surface area contributed by atoms with Crippen LogP contribution in [-0.4, -0.2) is 43.3 Å². The molecule has 9 heteroatoms. The largest absolute Gasteiger partial charge is 0.476 e. The normalized spacial score (nSPS) is 16.9. The molecule has 0 radical (unpaired) electrons. The molecule has 1 N–H and O–H groups in total. The molecule has 1 atom stereocenters. The summed E-state index contributed by atoms with van der Waals surface area (Å²) in [6.45, 7) is 2.36. The van der Waals surface area contributed by atoms with Gasteiger partial charge in [-0.2, -0.15) is 5.10 Å². The third-order valence-corrected chi connectivity index (χ3v) is 5.58. The van der Waals surface area contributed by atoms with E-state index < -0.39 is 16.1 Å². The van der Waals surface area contributed by atoms with Gasteiger partial charge in [-0.15, -0.1) is 0 Å². The average molecular weight is 364 g/mol. The Kier molecular flexibility index (Phi) is 4.67. The number of rotatable bonds is 5. The lowest BCUT2D eigenvalue weighted by Gasteiger charge is -2.34. The van der Waals surface area contributed by atoms with Gasteiger partial charge < -0.3 is 10.1 Å². The van der Waals surface area contributed by atoms with Crippen LogP contribution in [-0.2, 0) is 21.9 Å². The van der Waals surface area contributed by atoms with E-state index in [1.807, 2.05) is 6.92 Å². The number of nitrogens with one attached hydrogen (secondary N) is 1. The number of benzene rings is 1. The highest BCUT2D eigenvalue weighted by molar-refractivity contribution is 7.92. The topological polar surface area (TPSA) is 93.5 Å². The van der Waals surface area contributed by atoms with Crippen molar-refractivity contribution in [1.29, 1.82) is 0 Å². The number of anilines is 1. The van der Waals surface area contributed by atoms with E-state index in [2.05, 4.69) is 10.4 Å². The van der Waals surface area contributed by atoms with Gasteiger partial charge in [0.05, 0.1) is 18.4 Å². The molecular weight excluding hydrogens is 344 g/mol. The molecule has 0 aliphatic carbocycles. The number of aryl methyl sites for hydroxylation is 1. The van der Waals surface area contributed by atoms with Gasteiger partial charge in [0.15, 0.2) is 6.10 Å². The van der Waals surface area contributed by atoms with E-state index >= 15 is 0 Å². The summed E-state index contributed by atoms with van der Waals surface area (Å²) in [5, 5.41) is 6.68. The summed E-state index contributed by atoms with van der Waals surface area (Å²) in [7, 11) is -2.21. The molecule has 1 aliphatic heterocycles. The van der Waals surface area contributed by atoms with Crippen molar-refractivity contribution >= 4 is 21.6 Å². The maximum absolute atomic E-state index is 13.0. The van der Waals surface area contributed by atoms with Gasteiger partial charge in [0, 0.05) is 19.8 Å². The fourth-order valence-corrected chi connectivity index (χ4v) is 4.05. The zero-order valence-electron chi connectivity index (χ0n) is 14.0. The summed E-state index contributed by atoms with van der Waals surface area (Å²) in [6, 6.07) is 6.77. The number of carbonyl (C=O) groups excluding carboxylic acids is 1. The average Bonchev–Trinajstić information content (AvgIpc) is 3.05. The highest BCUT2D eigenvalue weighted by Gasteiger charge is 2.37. The maximum atomic E-state index is 13.0. The van der Waals surface area contributed by atoms with Crippen molar-refractivity contribution in [2.24, 2.45) is 7.05 Å². The van der Waals surface area contributed by atoms with Crippen molar-refractivity contribution in [1.82, 2.24) is 15.1 Å². The SMILES string of the molecule is CCCNC(=O)[C@H]1CN(S(=O)(=O)c2cnn(C)c2)c2ccccc2O1. The number of hydrogen-bond donors (Lipinski definition) is 1. The van der Waals surface area contributed by atoms with Crippen LogP contribution in [0.3, 0.4) is 0 Å². The van der Waals surface area contributed by atoms with E-state index in [-0.39, 0.29) is 17.3 Å². The summed E-state index contributed by atoms with van der Waals surface area (Å²) in [5.74, 6) is 0.0283. The monoisotopic (exact) mass is 364 g/mol. The predicted octanol–water partition coefficient (Wildman–Crippen LogP) is 0.903. The van der Waals surface area contributed by atoms with Crippen molar-refractivity contribution in [2.75, 3.05) is 17.4 Å². The highest BCUT2D eigenvalue weighted by Crippen LogP contribution is 2.36. The van der Waals surface area contributed by atoms with Crippen LogP contribution in [0.15, 0.2) is 41.6 Å². The lowest BCUT2D eigenvalue weighted by Crippen LogP contribution is -2.50. The van der Waals surface area contributed by atoms with Crippen LogP contribution in [0.5, 0.6) is 5.75 Å². The molecule has 8 nitrogen and oxygen atoms in total. The summed E-state index contributed by atoms with van der Waals surface area (Å²) >= 11 is 0. The Labute approximate surface area is 146 Å². The molecule has 0 saturated carbocycles. The van der Waals surface area contributed by atoms with Crippen LogP contribution in [0.2, 0.25) is 0 Å². The van der Waals surface area contributed by atoms with Crippen molar-refractivity contribution in [3.63, 3.8) is 0 Å². The smallest absolute Gasteiger partial charge is 0.267 e. The van der Waals surface area contributed by atoms with Crippen LogP contribution < -0.4 is 14.4 Å². The first kappa shape index (κ1) is 17.3. The van der Waals surface area contributed by atoms with Crippen LogP contribution in [0.25, 0.3) is 0 Å². The fraction of sp³-hybridized carbons (Fsp3) is 0.375. The minimum atomic E-state index is -3.85. The maximum Gasteiger partial charge on any atom is 0.267 e. The van der Waals surface area contributed by atoms with E-state index in [9.17, 15) is 13.2 Å². The molecule has 1 amide bonds. The molecule has 2 heterocycles. The Morgan fingerprint density at radius 1 is 1.40 bits per heavy atom. The summed E-state index contributed by atoms with van der Waals surface area (Å²) in [6.07, 6.45) is 2.60. The van der Waals surface area contributed by atoms with E-state index in [4.69, 9.17) is 4.74 Å². The van der Waals surface area contributed by atoms with Crippen LogP contribution >= 0.6 is 0 Å². The second-order valence-electron chi connectivity index (χ2n) is 5.75. The number of fused-ring (bicyclic) bond motifs is 1. The van der Waals surface area contributed by atoms with E-state index in [0.29, 0.717) is 18.0 Å². The predicted molar refractivity (Wildman–Crippen MR) is 91.9 cm³/mol. The number of aromatic nitrogens is 2. The third kappa shape index (κ3) is 3.32. The zero-order chi connectivity index (χ0) is 18.0. The molecule has 0 saturated heterocycles. The van der Waals surface area contributed by atoms with E-state index in [0.717, 1.165) is 6.42 Å². The van der Waals surface area contributed by atoms with Crippen molar-refractivity contribution < 1.29 is 17.9 Å². The standard InChI is InChI=1S/C16H20N4O4S/c1-3-8-17-16(21)15-11-20(13-6-4-5-7-14(13)24-15)25(22,23)12-9-18-19(2)10-12/h4-7,9-10,15H,3,8,11H2,1-2H3,(H,17,21)/t15-/m1/s1. The Bertz CT molecular complexity index is 878. The van der Waals surface area contributed by atoms with Crippen molar-refractivity contribution in [3.8, 4) is 5.75 Å². The Balaban J connectivity index is 1.98. The second-order valence-corrected chi connectivity index (χ2v) is 7.61. The van der Waals surface area contributed by atoms with Gasteiger partial charge >= 0.3 is 0 Å². The molecule has 134 valence electrons. The molecular formula is C16H20N4O4S. The first-order valence-corrected chi connectivity index (χ1v) is 9.42. The molecule has 0 spiro atoms. The lowest BCUT2D eigenvalue weighted by atomic mass is 10.2. The minimum absolute atomic E-state index is 0.0689. The molecule has 0 fully saturated rings. The molecule has 1 aliphatic rings. The Morgan fingerprint density at radius 2 is 2.16 bits per heavy atom. The Morgan fingerprint density at radius 3 is 2.84 bits per heavy atom. The molecule has 25 heavy (non-hydrogen) atoms. The van der Waals surface area contributed by atoms with Crippen LogP contribution in [0, 0.1) is 0 Å². The van der Waals surface area contributed by atoms with E-state index in [1.165, 1.54) is 21.4 Å². The van der Waals surface area contributed by atoms with Gasteiger partial charge in [0.25, 0.3) is 15.9 Å². The molecule has 0 bridgehead atoms. The van der Waals surface area contributed by atoms with Crippen molar-refractivity contribution in [3.05, 3.63) is 36.7 Å². The molecule has 3 rings (SSSR count). The van der Waals surface area contributed by atoms with Gasteiger partial charge in [0.2, 0.25) is 0 Å². The lowest BCUT2D eigenvalue weighted by molar-refractivity contribution is -0.127. The zero-order valence-corrected chi connectivity index (χ0v) is 14.9. The van der Waals surface area contributed by atoms with Gasteiger partial charge in [-0.3, -0.25) is 13.8 Å². The van der Waals surface area contributed by atoms with Gasteiger partial charge in [-0.1, -0.05) is 19.1 Å². The molecule has 1 aromatic carbocycles. The van der Waals surface area contributed by atoms with Crippen LogP contribution in [0.4, 0.5) is 5.69 Å². The summed E-state index contributed by atoms with van der Waals surface area (Å²) in [4.78, 5) is 12.4. The number of carbonyl (C=O) groups is 1. The van der Waals surface area contributed by atoms with Gasteiger partial charge in [-0.05, 0) is 18.6 Å². The Hall–Kier alpha value is -2.55. The van der Waals surface area contributed by atoms with Crippen LogP contribution in [0.1, 0.15) is 13.3 Å². The molecule has 2 aromatic rings. The molecule has 1 aromatic heterocycles. The van der Waals surface area contributed by atoms with Gasteiger partial charge in [0.1, 0.15) is 10.6 Å². The third-order valence-electron chi connectivity index (χ3n) is 3.85. The highest BCUT2D eigenvalue weighted by atomic mass is 32.2. The molecule has 0 unspecified atom stereocenters. The number of hydrogen-bond acceptors (Lipinski definition) is 5. The first-order chi connectivity index (χ1) is 11.9. The first-order valence-electron chi connectivity index (χ1n) is 7.98. The van der Waals surface area contributed by atoms with E-state index in [1.54, 1.807) is 31.3 Å². The summed E-state index contributed by atoms with van der Waals surface area (Å²) < 4.78 is 34.4. The number of ether oxygens (including phenoxy) is 1. The second kappa shape index (κ2) is 6.75. The number of sulfonamides is 1. The summed E-state index contributed by atoms with van der Waals surface area (Å²) in [5.41, 5.74) is 0.408. The quantitative estimate of drug-likeness (QED) is 0.851. The van der Waals surface area contributed by atoms with Gasteiger partial charge in [-0.25, -0.2) is 8.42 Å².